The number of hydrogen-bond acceptors (Lipinski definition) is 4. The third-order valence-electron chi connectivity index (χ3n) is 4.16. The highest BCUT2D eigenvalue weighted by Gasteiger charge is 2.19. The third kappa shape index (κ3) is 3.14. The lowest BCUT2D eigenvalue weighted by molar-refractivity contribution is 0.0381. The Labute approximate surface area is 124 Å². The third-order valence-corrected chi connectivity index (χ3v) is 4.16. The Kier molecular flexibility index (Phi) is 4.03. The monoisotopic (exact) mass is 287 g/mol. The van der Waals surface area contributed by atoms with Gasteiger partial charge in [-0.1, -0.05) is 11.6 Å². The van der Waals surface area contributed by atoms with Crippen LogP contribution in [0.5, 0.6) is 0 Å². The molecule has 0 bridgehead atoms. The van der Waals surface area contributed by atoms with E-state index >= 15 is 0 Å². The summed E-state index contributed by atoms with van der Waals surface area (Å²) in [6.45, 7) is 4.63. The summed E-state index contributed by atoms with van der Waals surface area (Å²) in [4.78, 5) is 21.9. The van der Waals surface area contributed by atoms with E-state index in [1.807, 2.05) is 25.1 Å². The Balaban J connectivity index is 1.79. The van der Waals surface area contributed by atoms with E-state index in [0.29, 0.717) is 18.0 Å². The fourth-order valence-corrected chi connectivity index (χ4v) is 2.90. The normalized spacial score (nSPS) is 17.4. The van der Waals surface area contributed by atoms with Gasteiger partial charge in [-0.3, -0.25) is 9.69 Å². The van der Waals surface area contributed by atoms with Gasteiger partial charge in [-0.05, 0) is 31.9 Å². The van der Waals surface area contributed by atoms with Crippen molar-refractivity contribution >= 4 is 10.9 Å². The van der Waals surface area contributed by atoms with Crippen LogP contribution < -0.4 is 5.56 Å². The summed E-state index contributed by atoms with van der Waals surface area (Å²) in [5.74, 6) is 0.743. The average Bonchev–Trinajstić information content (AvgIpc) is 2.49. The van der Waals surface area contributed by atoms with Crippen molar-refractivity contribution in [1.29, 1.82) is 0 Å². The molecule has 1 aromatic heterocycles. The number of methoxy groups -OCH3 is 1. The number of benzene rings is 1. The molecule has 1 aromatic carbocycles. The first-order valence-corrected chi connectivity index (χ1v) is 7.40. The molecule has 0 unspecified atom stereocenters. The molecule has 0 radical (unpaired) electrons. The minimum Gasteiger partial charge on any atom is -0.381 e. The summed E-state index contributed by atoms with van der Waals surface area (Å²) in [7, 11) is 1.77. The van der Waals surface area contributed by atoms with Gasteiger partial charge in [0, 0.05) is 20.2 Å². The number of aryl methyl sites for hydroxylation is 1. The Bertz CT molecular complexity index is 687. The van der Waals surface area contributed by atoms with Crippen molar-refractivity contribution in [1.82, 2.24) is 14.9 Å². The average molecular weight is 287 g/mol. The molecule has 0 spiro atoms. The summed E-state index contributed by atoms with van der Waals surface area (Å²) in [5.41, 5.74) is 1.79. The molecule has 21 heavy (non-hydrogen) atoms. The van der Waals surface area contributed by atoms with Crippen molar-refractivity contribution < 1.29 is 4.74 Å². The van der Waals surface area contributed by atoms with Crippen LogP contribution in [0.4, 0.5) is 0 Å². The smallest absolute Gasteiger partial charge is 0.280 e. The zero-order valence-corrected chi connectivity index (χ0v) is 12.6. The van der Waals surface area contributed by atoms with Crippen molar-refractivity contribution in [3.05, 3.63) is 39.9 Å². The largest absolute Gasteiger partial charge is 0.381 e. The number of nitrogens with zero attached hydrogens (tertiary/aromatic N) is 2. The second-order valence-electron chi connectivity index (χ2n) is 5.75. The van der Waals surface area contributed by atoms with Crippen molar-refractivity contribution in [2.45, 2.75) is 32.4 Å². The lowest BCUT2D eigenvalue weighted by Crippen LogP contribution is -2.36. The number of likely N-dealkylation sites (tertiary alicyclic amines) is 1. The predicted molar refractivity (Wildman–Crippen MR) is 82.4 cm³/mol. The molecule has 3 rings (SSSR count). The quantitative estimate of drug-likeness (QED) is 0.936. The van der Waals surface area contributed by atoms with Crippen LogP contribution in [-0.4, -0.2) is 41.2 Å². The summed E-state index contributed by atoms with van der Waals surface area (Å²) >= 11 is 0. The zero-order valence-electron chi connectivity index (χ0n) is 12.6. The molecule has 1 aliphatic rings. The van der Waals surface area contributed by atoms with Gasteiger partial charge >= 0.3 is 0 Å². The van der Waals surface area contributed by atoms with Gasteiger partial charge in [-0.25, -0.2) is 0 Å². The summed E-state index contributed by atoms with van der Waals surface area (Å²) in [6.07, 6.45) is 2.44. The van der Waals surface area contributed by atoms with Crippen LogP contribution in [0.1, 0.15) is 24.2 Å². The molecule has 1 N–H and O–H groups in total. The number of aromatic nitrogens is 2. The van der Waals surface area contributed by atoms with Gasteiger partial charge in [0.25, 0.3) is 5.56 Å². The summed E-state index contributed by atoms with van der Waals surface area (Å²) in [5, 5.41) is 0.664. The summed E-state index contributed by atoms with van der Waals surface area (Å²) < 4.78 is 5.38. The van der Waals surface area contributed by atoms with E-state index in [4.69, 9.17) is 4.74 Å². The molecule has 1 fully saturated rings. The van der Waals surface area contributed by atoms with E-state index in [0.717, 1.165) is 42.8 Å². The number of H-pyrrole nitrogens is 1. The summed E-state index contributed by atoms with van der Waals surface area (Å²) in [6, 6.07) is 5.84. The minimum atomic E-state index is -0.144. The van der Waals surface area contributed by atoms with Gasteiger partial charge < -0.3 is 9.72 Å². The first kappa shape index (κ1) is 14.2. The Hall–Kier alpha value is -1.72. The van der Waals surface area contributed by atoms with E-state index < -0.39 is 0 Å². The topological polar surface area (TPSA) is 58.2 Å². The van der Waals surface area contributed by atoms with Gasteiger partial charge in [0.05, 0.1) is 23.6 Å². The molecule has 5 nitrogen and oxygen atoms in total. The molecule has 2 aromatic rings. The maximum atomic E-state index is 12.1. The van der Waals surface area contributed by atoms with E-state index in [1.54, 1.807) is 7.11 Å². The van der Waals surface area contributed by atoms with Crippen LogP contribution in [-0.2, 0) is 11.3 Å². The Morgan fingerprint density at radius 2 is 2.14 bits per heavy atom. The number of rotatable bonds is 3. The molecule has 112 valence electrons. The van der Waals surface area contributed by atoms with Crippen LogP contribution in [0.3, 0.4) is 0 Å². The van der Waals surface area contributed by atoms with Crippen molar-refractivity contribution in [3.63, 3.8) is 0 Å². The molecular formula is C16H21N3O2. The number of nitrogens with one attached hydrogen (secondary N) is 1. The number of ether oxygens (including phenoxy) is 1. The molecule has 0 aliphatic carbocycles. The highest BCUT2D eigenvalue weighted by Crippen LogP contribution is 2.15. The molecule has 0 saturated carbocycles. The number of piperidine rings is 1. The molecule has 0 amide bonds. The fraction of sp³-hybridized carbons (Fsp3) is 0.500. The lowest BCUT2D eigenvalue weighted by Gasteiger charge is -2.30. The first-order valence-electron chi connectivity index (χ1n) is 7.40. The molecule has 1 aliphatic heterocycles. The molecule has 2 heterocycles. The van der Waals surface area contributed by atoms with Gasteiger partial charge in [-0.2, -0.15) is 4.98 Å². The molecule has 5 heteroatoms. The van der Waals surface area contributed by atoms with Crippen LogP contribution in [0.2, 0.25) is 0 Å². The van der Waals surface area contributed by atoms with Gasteiger partial charge in [0.15, 0.2) is 0 Å². The second kappa shape index (κ2) is 5.95. The van der Waals surface area contributed by atoms with Crippen molar-refractivity contribution in [2.75, 3.05) is 20.2 Å². The fourth-order valence-electron chi connectivity index (χ4n) is 2.90. The van der Waals surface area contributed by atoms with E-state index in [-0.39, 0.29) is 5.56 Å². The zero-order chi connectivity index (χ0) is 14.8. The number of hydrogen-bond donors (Lipinski definition) is 1. The van der Waals surface area contributed by atoms with Gasteiger partial charge in [0.1, 0.15) is 5.82 Å². The van der Waals surface area contributed by atoms with Crippen molar-refractivity contribution in [2.24, 2.45) is 0 Å². The lowest BCUT2D eigenvalue weighted by atomic mass is 10.1. The second-order valence-corrected chi connectivity index (χ2v) is 5.75. The predicted octanol–water partition coefficient (Wildman–Crippen LogP) is 1.84. The molecule has 1 saturated heterocycles. The highest BCUT2D eigenvalue weighted by molar-refractivity contribution is 5.78. The van der Waals surface area contributed by atoms with Crippen molar-refractivity contribution in [3.8, 4) is 0 Å². The van der Waals surface area contributed by atoms with E-state index in [2.05, 4.69) is 14.9 Å². The maximum absolute atomic E-state index is 12.1. The number of fused-ring (bicyclic) bond motifs is 1. The van der Waals surface area contributed by atoms with Gasteiger partial charge in [-0.15, -0.1) is 0 Å². The SMILES string of the molecule is COC1CCN(Cc2nc(=O)c3cc(C)ccc3[nH]2)CC1. The standard InChI is InChI=1S/C16H21N3O2/c1-11-3-4-14-13(9-11)16(20)18-15(17-14)10-19-7-5-12(21-2)6-8-19/h3-4,9,12H,5-8,10H2,1-2H3,(H,17,18,20). The van der Waals surface area contributed by atoms with E-state index in [1.165, 1.54) is 0 Å². The highest BCUT2D eigenvalue weighted by atomic mass is 16.5. The van der Waals surface area contributed by atoms with Gasteiger partial charge in [0.2, 0.25) is 0 Å². The minimum absolute atomic E-state index is 0.144. The van der Waals surface area contributed by atoms with Crippen LogP contribution in [0.15, 0.2) is 23.0 Å². The van der Waals surface area contributed by atoms with Crippen LogP contribution in [0.25, 0.3) is 10.9 Å². The maximum Gasteiger partial charge on any atom is 0.280 e. The van der Waals surface area contributed by atoms with Crippen LogP contribution in [0, 0.1) is 6.92 Å². The van der Waals surface area contributed by atoms with Crippen LogP contribution >= 0.6 is 0 Å². The first-order chi connectivity index (χ1) is 10.2. The molecule has 0 atom stereocenters. The molecular weight excluding hydrogens is 266 g/mol. The Morgan fingerprint density at radius 3 is 2.86 bits per heavy atom. The number of aromatic amines is 1. The van der Waals surface area contributed by atoms with E-state index in [9.17, 15) is 4.79 Å². The Morgan fingerprint density at radius 1 is 1.38 bits per heavy atom.